The topological polar surface area (TPSA) is 55.5 Å². The van der Waals surface area contributed by atoms with E-state index in [-0.39, 0.29) is 5.75 Å². The van der Waals surface area contributed by atoms with Gasteiger partial charge in [-0.05, 0) is 37.1 Å². The zero-order chi connectivity index (χ0) is 12.1. The second-order valence-electron chi connectivity index (χ2n) is 3.19. The minimum atomic E-state index is 0.188. The van der Waals surface area contributed by atoms with Crippen LogP contribution in [0, 0.1) is 0 Å². The molecule has 0 aliphatic heterocycles. The maximum atomic E-state index is 9.86. The van der Waals surface area contributed by atoms with E-state index in [1.54, 1.807) is 36.7 Å². The molecule has 0 amide bonds. The van der Waals surface area contributed by atoms with E-state index < -0.39 is 0 Å². The van der Waals surface area contributed by atoms with Gasteiger partial charge in [-0.3, -0.25) is 0 Å². The molecule has 0 aromatic heterocycles. The molecule has 0 spiro atoms. The summed E-state index contributed by atoms with van der Waals surface area (Å²) in [4.78, 5) is 2.13. The van der Waals surface area contributed by atoms with Crippen LogP contribution >= 0.6 is 23.5 Å². The molecule has 90 valence electrons. The molecule has 3 N–H and O–H groups in total. The van der Waals surface area contributed by atoms with Crippen molar-refractivity contribution in [3.63, 3.8) is 0 Å². The average molecular weight is 259 g/mol. The Morgan fingerprint density at radius 2 is 1.94 bits per heavy atom. The first-order chi connectivity index (χ1) is 7.69. The molecule has 0 saturated heterocycles. The Morgan fingerprint density at radius 3 is 2.38 bits per heavy atom. The zero-order valence-electron chi connectivity index (χ0n) is 9.74. The van der Waals surface area contributed by atoms with Gasteiger partial charge in [-0.25, -0.2) is 0 Å². The Hall–Kier alpha value is -0.520. The number of benzene rings is 1. The minimum Gasteiger partial charge on any atom is -0.504 e. The summed E-state index contributed by atoms with van der Waals surface area (Å²) in [5.41, 5.74) is 6.65. The summed E-state index contributed by atoms with van der Waals surface area (Å²) in [6.07, 6.45) is 4.76. The third kappa shape index (κ3) is 2.59. The molecule has 5 heteroatoms. The van der Waals surface area contributed by atoms with Crippen LogP contribution < -0.4 is 10.5 Å². The van der Waals surface area contributed by atoms with Crippen molar-refractivity contribution < 1.29 is 9.84 Å². The number of methoxy groups -OCH3 is 1. The highest BCUT2D eigenvalue weighted by Crippen LogP contribution is 2.44. The largest absolute Gasteiger partial charge is 0.504 e. The van der Waals surface area contributed by atoms with Crippen LogP contribution in [0.1, 0.15) is 5.56 Å². The summed E-state index contributed by atoms with van der Waals surface area (Å²) in [7, 11) is 1.57. The summed E-state index contributed by atoms with van der Waals surface area (Å²) < 4.78 is 5.23. The molecule has 0 aliphatic rings. The van der Waals surface area contributed by atoms with E-state index in [4.69, 9.17) is 10.5 Å². The van der Waals surface area contributed by atoms with Gasteiger partial charge < -0.3 is 15.6 Å². The molecule has 1 aromatic rings. The fourth-order valence-corrected chi connectivity index (χ4v) is 3.50. The van der Waals surface area contributed by atoms with Crippen molar-refractivity contribution >= 4 is 23.5 Å². The molecule has 16 heavy (non-hydrogen) atoms. The molecule has 1 aromatic carbocycles. The van der Waals surface area contributed by atoms with Crippen LogP contribution in [0.15, 0.2) is 15.9 Å². The van der Waals surface area contributed by atoms with Crippen molar-refractivity contribution in [3.05, 3.63) is 11.6 Å². The normalized spacial score (nSPS) is 10.5. The Bertz CT molecular complexity index is 369. The maximum Gasteiger partial charge on any atom is 0.175 e. The van der Waals surface area contributed by atoms with Gasteiger partial charge in [-0.2, -0.15) is 0 Å². The van der Waals surface area contributed by atoms with Crippen LogP contribution in [0.4, 0.5) is 0 Å². The summed E-state index contributed by atoms with van der Waals surface area (Å²) in [6, 6.07) is 1.75. The Balaban J connectivity index is 3.37. The number of phenols is 1. The number of ether oxygens (including phenoxy) is 1. The third-order valence-corrected chi connectivity index (χ3v) is 4.08. The number of hydrogen-bond acceptors (Lipinski definition) is 5. The highest BCUT2D eigenvalue weighted by molar-refractivity contribution is 8.01. The molecule has 1 rings (SSSR count). The van der Waals surface area contributed by atoms with Gasteiger partial charge in [0, 0.05) is 4.90 Å². The first-order valence-corrected chi connectivity index (χ1v) is 7.35. The number of aromatic hydroxyl groups is 1. The minimum absolute atomic E-state index is 0.188. The molecule has 0 aliphatic carbocycles. The second-order valence-corrected chi connectivity index (χ2v) is 4.83. The van der Waals surface area contributed by atoms with Crippen LogP contribution in [0.5, 0.6) is 11.5 Å². The third-order valence-electron chi connectivity index (χ3n) is 2.27. The van der Waals surface area contributed by atoms with Crippen LogP contribution in [0.2, 0.25) is 0 Å². The lowest BCUT2D eigenvalue weighted by molar-refractivity contribution is 0.362. The van der Waals surface area contributed by atoms with Crippen molar-refractivity contribution in [3.8, 4) is 11.5 Å². The Morgan fingerprint density at radius 1 is 1.31 bits per heavy atom. The van der Waals surface area contributed by atoms with Gasteiger partial charge >= 0.3 is 0 Å². The van der Waals surface area contributed by atoms with Crippen LogP contribution in [-0.4, -0.2) is 31.3 Å². The van der Waals surface area contributed by atoms with E-state index in [0.717, 1.165) is 21.8 Å². The predicted octanol–water partition coefficient (Wildman–Crippen LogP) is 2.35. The summed E-state index contributed by atoms with van der Waals surface area (Å²) >= 11 is 3.24. The molecule has 0 heterocycles. The quantitative estimate of drug-likeness (QED) is 0.795. The van der Waals surface area contributed by atoms with Gasteiger partial charge in [0.2, 0.25) is 0 Å². The van der Waals surface area contributed by atoms with Crippen LogP contribution in [0.3, 0.4) is 0 Å². The molecule has 0 atom stereocenters. The first-order valence-electron chi connectivity index (χ1n) is 4.90. The van der Waals surface area contributed by atoms with Gasteiger partial charge in [-0.1, -0.05) is 0 Å². The van der Waals surface area contributed by atoms with Crippen molar-refractivity contribution in [2.45, 2.75) is 16.2 Å². The fraction of sp³-hybridized carbons (Fsp3) is 0.455. The molecule has 0 fully saturated rings. The van der Waals surface area contributed by atoms with E-state index in [0.29, 0.717) is 12.3 Å². The fourth-order valence-electron chi connectivity index (χ4n) is 1.61. The van der Waals surface area contributed by atoms with E-state index >= 15 is 0 Å². The molecule has 0 bridgehead atoms. The average Bonchev–Trinajstić information content (AvgIpc) is 2.28. The monoisotopic (exact) mass is 259 g/mol. The van der Waals surface area contributed by atoms with E-state index in [9.17, 15) is 5.11 Å². The standard InChI is InChI=1S/C11H17NO2S2/c1-14-9-8(13)6-7(4-5-12)10(15-2)11(9)16-3/h6,13H,4-5,12H2,1-3H3. The second kappa shape index (κ2) is 6.27. The van der Waals surface area contributed by atoms with Gasteiger partial charge in [-0.15, -0.1) is 23.5 Å². The van der Waals surface area contributed by atoms with E-state index in [1.165, 1.54) is 0 Å². The smallest absolute Gasteiger partial charge is 0.175 e. The van der Waals surface area contributed by atoms with Crippen LogP contribution in [0.25, 0.3) is 0 Å². The van der Waals surface area contributed by atoms with Gasteiger partial charge in [0.25, 0.3) is 0 Å². The lowest BCUT2D eigenvalue weighted by Gasteiger charge is -2.16. The summed E-state index contributed by atoms with van der Waals surface area (Å²) in [6.45, 7) is 0.577. The summed E-state index contributed by atoms with van der Waals surface area (Å²) in [5.74, 6) is 0.741. The van der Waals surface area contributed by atoms with Crippen LogP contribution in [-0.2, 0) is 6.42 Å². The molecular formula is C11H17NO2S2. The lowest BCUT2D eigenvalue weighted by Crippen LogP contribution is -2.05. The van der Waals surface area contributed by atoms with Crippen molar-refractivity contribution in [1.82, 2.24) is 0 Å². The van der Waals surface area contributed by atoms with Crippen molar-refractivity contribution in [2.75, 3.05) is 26.2 Å². The van der Waals surface area contributed by atoms with Crippen molar-refractivity contribution in [1.29, 1.82) is 0 Å². The number of thioether (sulfide) groups is 2. The number of hydrogen-bond donors (Lipinski definition) is 2. The summed E-state index contributed by atoms with van der Waals surface area (Å²) in [5, 5.41) is 9.86. The molecule has 0 radical (unpaired) electrons. The van der Waals surface area contributed by atoms with E-state index in [2.05, 4.69) is 0 Å². The number of phenolic OH excluding ortho intramolecular Hbond substituents is 1. The molecule has 3 nitrogen and oxygen atoms in total. The molecule has 0 saturated carbocycles. The first kappa shape index (κ1) is 13.5. The number of nitrogens with two attached hydrogens (primary N) is 1. The SMILES string of the molecule is COc1c(O)cc(CCN)c(SC)c1SC. The van der Waals surface area contributed by atoms with Gasteiger partial charge in [0.05, 0.1) is 12.0 Å². The Labute approximate surface area is 105 Å². The maximum absolute atomic E-state index is 9.86. The van der Waals surface area contributed by atoms with Gasteiger partial charge in [0.1, 0.15) is 0 Å². The highest BCUT2D eigenvalue weighted by atomic mass is 32.2. The van der Waals surface area contributed by atoms with Gasteiger partial charge in [0.15, 0.2) is 11.5 Å². The highest BCUT2D eigenvalue weighted by Gasteiger charge is 2.17. The van der Waals surface area contributed by atoms with E-state index in [1.807, 2.05) is 12.5 Å². The molecular weight excluding hydrogens is 242 g/mol. The zero-order valence-corrected chi connectivity index (χ0v) is 11.4. The molecule has 0 unspecified atom stereocenters. The predicted molar refractivity (Wildman–Crippen MR) is 71.0 cm³/mol. The number of rotatable bonds is 5. The lowest BCUT2D eigenvalue weighted by atomic mass is 10.1. The van der Waals surface area contributed by atoms with Crippen molar-refractivity contribution in [2.24, 2.45) is 5.73 Å². The Kier molecular flexibility index (Phi) is 5.31.